The van der Waals surface area contributed by atoms with Crippen molar-refractivity contribution in [2.75, 3.05) is 38.1 Å². The number of ether oxygens (including phenoxy) is 4. The normalized spacial score (nSPS) is 12.2. The van der Waals surface area contributed by atoms with Crippen molar-refractivity contribution in [3.05, 3.63) is 24.4 Å². The van der Waals surface area contributed by atoms with Gasteiger partial charge in [-0.05, 0) is 12.1 Å². The molecule has 0 unspecified atom stereocenters. The number of fused-ring (bicyclic) bond motifs is 1. The van der Waals surface area contributed by atoms with Crippen molar-refractivity contribution >= 4 is 17.4 Å². The van der Waals surface area contributed by atoms with Crippen molar-refractivity contribution in [3.63, 3.8) is 0 Å². The van der Waals surface area contributed by atoms with Gasteiger partial charge in [-0.1, -0.05) is 0 Å². The highest BCUT2D eigenvalue weighted by Gasteiger charge is 2.14. The predicted molar refractivity (Wildman–Crippen MR) is 85.2 cm³/mol. The van der Waals surface area contributed by atoms with Crippen molar-refractivity contribution in [2.45, 2.75) is 0 Å². The fraction of sp³-hybridized carbons (Fsp3) is 0.267. The Hall–Kier alpha value is -3.23. The Morgan fingerprint density at radius 1 is 1.12 bits per heavy atom. The lowest BCUT2D eigenvalue weighted by atomic mass is 10.2. The Morgan fingerprint density at radius 2 is 1.92 bits per heavy atom. The van der Waals surface area contributed by atoms with E-state index < -0.39 is 6.03 Å². The zero-order valence-corrected chi connectivity index (χ0v) is 13.2. The fourth-order valence-electron chi connectivity index (χ4n) is 2.10. The molecule has 1 aromatic heterocycles. The molecule has 2 N–H and O–H groups in total. The molecule has 1 aliphatic heterocycles. The second kappa shape index (κ2) is 6.90. The average Bonchev–Trinajstić information content (AvgIpc) is 2.62. The van der Waals surface area contributed by atoms with E-state index in [1.54, 1.807) is 18.2 Å². The van der Waals surface area contributed by atoms with Crippen molar-refractivity contribution in [3.8, 4) is 23.4 Å². The molecular weight excluding hydrogens is 316 g/mol. The number of rotatable bonds is 4. The number of amides is 2. The SMILES string of the molecule is COc1ncc(NC(=O)Nc2ccc3c(c2)OCCO3)c(OC)n1. The third kappa shape index (κ3) is 3.40. The highest BCUT2D eigenvalue weighted by molar-refractivity contribution is 6.00. The molecule has 0 aliphatic carbocycles. The second-order valence-corrected chi connectivity index (χ2v) is 4.72. The van der Waals surface area contributed by atoms with Crippen LogP contribution in [0.4, 0.5) is 16.2 Å². The molecule has 0 saturated carbocycles. The van der Waals surface area contributed by atoms with Gasteiger partial charge in [0.1, 0.15) is 18.9 Å². The molecule has 2 heterocycles. The van der Waals surface area contributed by atoms with Gasteiger partial charge >= 0.3 is 12.0 Å². The maximum absolute atomic E-state index is 12.1. The Bertz CT molecular complexity index is 753. The molecule has 0 bridgehead atoms. The third-order valence-corrected chi connectivity index (χ3v) is 3.16. The smallest absolute Gasteiger partial charge is 0.323 e. The maximum atomic E-state index is 12.1. The number of carbonyl (C=O) groups is 1. The monoisotopic (exact) mass is 332 g/mol. The van der Waals surface area contributed by atoms with Crippen LogP contribution in [0.1, 0.15) is 0 Å². The first-order chi connectivity index (χ1) is 11.7. The van der Waals surface area contributed by atoms with Crippen LogP contribution in [-0.2, 0) is 0 Å². The molecular formula is C15H16N4O5. The van der Waals surface area contributed by atoms with Gasteiger partial charge in [-0.3, -0.25) is 0 Å². The summed E-state index contributed by atoms with van der Waals surface area (Å²) in [6, 6.07) is 4.81. The number of nitrogens with zero attached hydrogens (tertiary/aromatic N) is 2. The van der Waals surface area contributed by atoms with E-state index in [2.05, 4.69) is 20.6 Å². The van der Waals surface area contributed by atoms with E-state index in [1.807, 2.05) is 0 Å². The summed E-state index contributed by atoms with van der Waals surface area (Å²) in [7, 11) is 2.88. The van der Waals surface area contributed by atoms with Crippen LogP contribution in [0.5, 0.6) is 23.4 Å². The maximum Gasteiger partial charge on any atom is 0.323 e. The lowest BCUT2D eigenvalue weighted by Gasteiger charge is -2.19. The molecule has 2 amide bonds. The van der Waals surface area contributed by atoms with Crippen LogP contribution < -0.4 is 29.6 Å². The Labute approximate surface area is 137 Å². The highest BCUT2D eigenvalue weighted by atomic mass is 16.6. The summed E-state index contributed by atoms with van der Waals surface area (Å²) >= 11 is 0. The van der Waals surface area contributed by atoms with E-state index in [0.717, 1.165) is 0 Å². The Balaban J connectivity index is 1.69. The largest absolute Gasteiger partial charge is 0.486 e. The zero-order valence-electron chi connectivity index (χ0n) is 13.2. The first kappa shape index (κ1) is 15.7. The number of nitrogens with one attached hydrogen (secondary N) is 2. The van der Waals surface area contributed by atoms with Gasteiger partial charge < -0.3 is 29.6 Å². The predicted octanol–water partition coefficient (Wildman–Crippen LogP) is 1.91. The Kier molecular flexibility index (Phi) is 4.50. The summed E-state index contributed by atoms with van der Waals surface area (Å²) in [4.78, 5) is 20.1. The minimum absolute atomic E-state index is 0.143. The van der Waals surface area contributed by atoms with E-state index >= 15 is 0 Å². The number of urea groups is 1. The molecule has 1 aliphatic rings. The number of aromatic nitrogens is 2. The average molecular weight is 332 g/mol. The number of anilines is 2. The molecule has 0 fully saturated rings. The van der Waals surface area contributed by atoms with E-state index in [9.17, 15) is 4.79 Å². The van der Waals surface area contributed by atoms with Crippen molar-refractivity contribution in [1.82, 2.24) is 9.97 Å². The summed E-state index contributed by atoms with van der Waals surface area (Å²) in [6.45, 7) is 0.987. The van der Waals surface area contributed by atoms with Gasteiger partial charge in [0.15, 0.2) is 11.5 Å². The van der Waals surface area contributed by atoms with Crippen LogP contribution >= 0.6 is 0 Å². The molecule has 1 aromatic carbocycles. The topological polar surface area (TPSA) is 104 Å². The zero-order chi connectivity index (χ0) is 16.9. The molecule has 9 heteroatoms. The number of methoxy groups -OCH3 is 2. The van der Waals surface area contributed by atoms with Crippen LogP contribution in [-0.4, -0.2) is 43.4 Å². The van der Waals surface area contributed by atoms with Gasteiger partial charge in [0, 0.05) is 11.8 Å². The molecule has 9 nitrogen and oxygen atoms in total. The molecule has 24 heavy (non-hydrogen) atoms. The van der Waals surface area contributed by atoms with Crippen molar-refractivity contribution in [1.29, 1.82) is 0 Å². The molecule has 0 radical (unpaired) electrons. The van der Waals surface area contributed by atoms with Crippen LogP contribution in [0, 0.1) is 0 Å². The molecule has 3 rings (SSSR count). The molecule has 0 saturated heterocycles. The standard InChI is InChI=1S/C15H16N4O5/c1-21-13-10(8-16-15(19-13)22-2)18-14(20)17-9-3-4-11-12(7-9)24-6-5-23-11/h3-4,7-8H,5-6H2,1-2H3,(H2,17,18,20). The summed E-state index contributed by atoms with van der Waals surface area (Å²) in [5.74, 6) is 1.43. The fourth-order valence-corrected chi connectivity index (χ4v) is 2.10. The van der Waals surface area contributed by atoms with Crippen LogP contribution in [0.2, 0.25) is 0 Å². The summed E-state index contributed by atoms with van der Waals surface area (Å²) in [5.41, 5.74) is 0.874. The van der Waals surface area contributed by atoms with E-state index in [0.29, 0.717) is 36.1 Å². The first-order valence-electron chi connectivity index (χ1n) is 7.12. The van der Waals surface area contributed by atoms with Gasteiger partial charge in [0.2, 0.25) is 5.88 Å². The van der Waals surface area contributed by atoms with E-state index in [4.69, 9.17) is 18.9 Å². The number of benzene rings is 1. The quantitative estimate of drug-likeness (QED) is 0.881. The van der Waals surface area contributed by atoms with Gasteiger partial charge in [-0.2, -0.15) is 4.98 Å². The van der Waals surface area contributed by atoms with Crippen molar-refractivity contribution in [2.24, 2.45) is 0 Å². The van der Waals surface area contributed by atoms with E-state index in [1.165, 1.54) is 20.4 Å². The number of carbonyl (C=O) groups excluding carboxylic acids is 1. The summed E-state index contributed by atoms with van der Waals surface area (Å²) in [6.07, 6.45) is 1.40. The second-order valence-electron chi connectivity index (χ2n) is 4.72. The van der Waals surface area contributed by atoms with Gasteiger partial charge in [0.25, 0.3) is 0 Å². The van der Waals surface area contributed by atoms with E-state index in [-0.39, 0.29) is 11.9 Å². The minimum Gasteiger partial charge on any atom is -0.486 e. The highest BCUT2D eigenvalue weighted by Crippen LogP contribution is 2.32. The Morgan fingerprint density at radius 3 is 2.67 bits per heavy atom. The minimum atomic E-state index is -0.473. The first-order valence-corrected chi connectivity index (χ1v) is 7.12. The van der Waals surface area contributed by atoms with Gasteiger partial charge in [0.05, 0.1) is 20.4 Å². The summed E-state index contributed by atoms with van der Waals surface area (Å²) < 4.78 is 20.9. The molecule has 0 atom stereocenters. The van der Waals surface area contributed by atoms with Gasteiger partial charge in [-0.25, -0.2) is 9.78 Å². The number of hydrogen-bond donors (Lipinski definition) is 2. The van der Waals surface area contributed by atoms with Crippen LogP contribution in [0.25, 0.3) is 0 Å². The number of hydrogen-bond acceptors (Lipinski definition) is 7. The van der Waals surface area contributed by atoms with Crippen LogP contribution in [0.3, 0.4) is 0 Å². The molecule has 0 spiro atoms. The lowest BCUT2D eigenvalue weighted by Crippen LogP contribution is -2.21. The van der Waals surface area contributed by atoms with Gasteiger partial charge in [-0.15, -0.1) is 0 Å². The lowest BCUT2D eigenvalue weighted by molar-refractivity contribution is 0.171. The summed E-state index contributed by atoms with van der Waals surface area (Å²) in [5, 5.41) is 5.31. The van der Waals surface area contributed by atoms with Crippen molar-refractivity contribution < 1.29 is 23.7 Å². The van der Waals surface area contributed by atoms with Crippen LogP contribution in [0.15, 0.2) is 24.4 Å². The molecule has 2 aromatic rings. The molecule has 126 valence electrons. The third-order valence-electron chi connectivity index (χ3n) is 3.16.